The molecule has 0 bridgehead atoms. The molecule has 0 amide bonds. The van der Waals surface area contributed by atoms with E-state index in [1.807, 2.05) is 13.8 Å². The van der Waals surface area contributed by atoms with Gasteiger partial charge in [0, 0.05) is 0 Å². The van der Waals surface area contributed by atoms with Crippen molar-refractivity contribution in [1.29, 1.82) is 0 Å². The molecule has 3 aliphatic heterocycles. The summed E-state index contributed by atoms with van der Waals surface area (Å²) in [4.78, 5) is 0. The Balaban J connectivity index is 1.26. The van der Waals surface area contributed by atoms with Crippen molar-refractivity contribution in [3.05, 3.63) is 0 Å². The maximum Gasteiger partial charge on any atom is 0.187 e. The number of aliphatic hydroxyl groups is 10. The van der Waals surface area contributed by atoms with Crippen molar-refractivity contribution in [2.45, 2.75) is 204 Å². The molecule has 4 aliphatic carbocycles. The highest BCUT2D eigenvalue weighted by Gasteiger charge is 2.74. The maximum atomic E-state index is 12.4. The molecule has 0 spiro atoms. The van der Waals surface area contributed by atoms with E-state index in [1.165, 1.54) is 0 Å². The van der Waals surface area contributed by atoms with Crippen LogP contribution in [0.25, 0.3) is 0 Å². The molecule has 7 aliphatic rings. The van der Waals surface area contributed by atoms with Crippen LogP contribution < -0.4 is 0 Å². The molecule has 22 atom stereocenters. The van der Waals surface area contributed by atoms with Crippen molar-refractivity contribution in [2.24, 2.45) is 45.3 Å². The Kier molecular flexibility index (Phi) is 11.7. The fraction of sp³-hybridized carbons (Fsp3) is 1.00. The topological polar surface area (TPSA) is 248 Å². The van der Waals surface area contributed by atoms with Crippen molar-refractivity contribution in [2.75, 3.05) is 13.2 Å². The Morgan fingerprint density at radius 1 is 0.684 bits per heavy atom. The minimum Gasteiger partial charge on any atom is -0.394 e. The Morgan fingerprint density at radius 3 is 1.89 bits per heavy atom. The van der Waals surface area contributed by atoms with Gasteiger partial charge in [-0.2, -0.15) is 0 Å². The van der Waals surface area contributed by atoms with E-state index in [9.17, 15) is 51.1 Å². The summed E-state index contributed by atoms with van der Waals surface area (Å²) in [7, 11) is 0. The second-order valence-electron chi connectivity index (χ2n) is 21.2. The first kappa shape index (κ1) is 44.5. The van der Waals surface area contributed by atoms with E-state index in [4.69, 9.17) is 23.7 Å². The molecule has 330 valence electrons. The first-order chi connectivity index (χ1) is 26.4. The molecule has 7 fully saturated rings. The number of rotatable bonds is 8. The standard InChI is InChI=1S/C42H72O15/c1-37(2)25(46)10-12-39(5)24-15-20(45)27-19(42(8)14-11-26(57-42)38(3,4)52)9-13-40(27,6)41(24,7)16-21(34(37)39)53-36-33(31(50)29(48)23(18-44)55-36)56-35-32(51)30(49)28(47)22(17-43)54-35/h19-36,43-52H,9-18H2,1-8H3/t19?,20?,21?,22?,23?,24?,25?,26?,27?,28?,29?,30?,31?,32?,33?,34?,35?,36?,39-,40-,41-,42+/m1/s1. The van der Waals surface area contributed by atoms with Gasteiger partial charge < -0.3 is 74.7 Å². The lowest BCUT2D eigenvalue weighted by atomic mass is 9.34. The first-order valence-electron chi connectivity index (χ1n) is 21.4. The van der Waals surface area contributed by atoms with Gasteiger partial charge in [-0.3, -0.25) is 0 Å². The molecule has 3 saturated heterocycles. The van der Waals surface area contributed by atoms with Gasteiger partial charge in [0.05, 0.1) is 48.8 Å². The van der Waals surface area contributed by atoms with E-state index in [0.29, 0.717) is 25.7 Å². The fourth-order valence-electron chi connectivity index (χ4n) is 14.1. The largest absolute Gasteiger partial charge is 0.394 e. The number of fused-ring (bicyclic) bond motifs is 5. The van der Waals surface area contributed by atoms with Crippen LogP contribution in [0.3, 0.4) is 0 Å². The van der Waals surface area contributed by atoms with E-state index in [-0.39, 0.29) is 29.8 Å². The van der Waals surface area contributed by atoms with Gasteiger partial charge in [-0.15, -0.1) is 0 Å². The van der Waals surface area contributed by atoms with Gasteiger partial charge in [-0.05, 0) is 117 Å². The lowest BCUT2D eigenvalue weighted by molar-refractivity contribution is -0.383. The Bertz CT molecular complexity index is 1440. The highest BCUT2D eigenvalue weighted by atomic mass is 16.8. The predicted molar refractivity (Wildman–Crippen MR) is 202 cm³/mol. The van der Waals surface area contributed by atoms with Gasteiger partial charge in [-0.25, -0.2) is 0 Å². The van der Waals surface area contributed by atoms with E-state index in [2.05, 4.69) is 27.7 Å². The third kappa shape index (κ3) is 6.80. The van der Waals surface area contributed by atoms with E-state index < -0.39 is 126 Å². The van der Waals surface area contributed by atoms with Crippen LogP contribution in [0.2, 0.25) is 0 Å². The lowest BCUT2D eigenvalue weighted by Gasteiger charge is -2.72. The molecule has 57 heavy (non-hydrogen) atoms. The summed E-state index contributed by atoms with van der Waals surface area (Å²) in [6.45, 7) is 15.3. The van der Waals surface area contributed by atoms with Crippen LogP contribution in [0.4, 0.5) is 0 Å². The minimum atomic E-state index is -1.81. The second-order valence-corrected chi connectivity index (χ2v) is 21.2. The van der Waals surface area contributed by atoms with Crippen molar-refractivity contribution in [3.63, 3.8) is 0 Å². The average Bonchev–Trinajstić information content (AvgIpc) is 3.73. The van der Waals surface area contributed by atoms with Crippen LogP contribution in [-0.2, 0) is 23.7 Å². The monoisotopic (exact) mass is 816 g/mol. The van der Waals surface area contributed by atoms with Gasteiger partial charge in [0.25, 0.3) is 0 Å². The minimum absolute atomic E-state index is 0.0316. The number of hydrogen-bond acceptors (Lipinski definition) is 15. The third-order valence-electron chi connectivity index (χ3n) is 17.4. The smallest absolute Gasteiger partial charge is 0.187 e. The van der Waals surface area contributed by atoms with Crippen LogP contribution in [0.15, 0.2) is 0 Å². The number of hydrogen-bond donors (Lipinski definition) is 10. The molecule has 4 saturated carbocycles. The molecule has 15 nitrogen and oxygen atoms in total. The molecular weight excluding hydrogens is 744 g/mol. The zero-order chi connectivity index (χ0) is 42.0. The van der Waals surface area contributed by atoms with Gasteiger partial charge >= 0.3 is 0 Å². The predicted octanol–water partition coefficient (Wildman–Crippen LogP) is 0.331. The molecule has 0 aromatic carbocycles. The van der Waals surface area contributed by atoms with Crippen molar-refractivity contribution in [3.8, 4) is 0 Å². The van der Waals surface area contributed by atoms with Gasteiger partial charge in [0.1, 0.15) is 48.8 Å². The van der Waals surface area contributed by atoms with Crippen LogP contribution in [0, 0.1) is 45.3 Å². The Labute approximate surface area is 336 Å². The summed E-state index contributed by atoms with van der Waals surface area (Å²) >= 11 is 0. The summed E-state index contributed by atoms with van der Waals surface area (Å²) < 4.78 is 31.8. The van der Waals surface area contributed by atoms with Crippen LogP contribution in [-0.4, -0.2) is 161 Å². The first-order valence-corrected chi connectivity index (χ1v) is 21.4. The summed E-state index contributed by atoms with van der Waals surface area (Å²) in [5.41, 5.74) is -3.49. The van der Waals surface area contributed by atoms with Crippen LogP contribution >= 0.6 is 0 Å². The SMILES string of the molecule is CC(C)(O)C1CC[C@@](C)(C2CC[C@]3(C)C2C(O)CC2[C@@]4(C)CCC(O)C(C)(C)C4C(OC4OC(CO)C(O)C(O)C4OC4OC(CO)C(O)C(O)C4O)C[C@]23C)O1. The molecule has 0 aromatic heterocycles. The van der Waals surface area contributed by atoms with Crippen molar-refractivity contribution in [1.82, 2.24) is 0 Å². The zero-order valence-electron chi connectivity index (χ0n) is 35.0. The van der Waals surface area contributed by atoms with Gasteiger partial charge in [0.2, 0.25) is 0 Å². The summed E-state index contributed by atoms with van der Waals surface area (Å²) in [6.07, 6.45) is -12.6. The quantitative estimate of drug-likeness (QED) is 0.148. The molecule has 18 unspecified atom stereocenters. The Hall–Kier alpha value is -0.600. The highest BCUT2D eigenvalue weighted by molar-refractivity contribution is 5.22. The number of ether oxygens (including phenoxy) is 5. The summed E-state index contributed by atoms with van der Waals surface area (Å²) in [5.74, 6) is -0.343. The van der Waals surface area contributed by atoms with Crippen molar-refractivity contribution >= 4 is 0 Å². The fourth-order valence-corrected chi connectivity index (χ4v) is 14.1. The molecule has 15 heteroatoms. The average molecular weight is 817 g/mol. The van der Waals surface area contributed by atoms with Crippen LogP contribution in [0.5, 0.6) is 0 Å². The summed E-state index contributed by atoms with van der Waals surface area (Å²) in [5, 5.41) is 109. The molecule has 7 rings (SSSR count). The van der Waals surface area contributed by atoms with E-state index >= 15 is 0 Å². The molecule has 3 heterocycles. The summed E-state index contributed by atoms with van der Waals surface area (Å²) in [6, 6.07) is 0. The normalized spacial score (nSPS) is 56.5. The Morgan fingerprint density at radius 2 is 1.30 bits per heavy atom. The second kappa shape index (κ2) is 15.0. The third-order valence-corrected chi connectivity index (χ3v) is 17.4. The molecule has 10 N–H and O–H groups in total. The maximum absolute atomic E-state index is 12.4. The highest BCUT2D eigenvalue weighted by Crippen LogP contribution is 2.76. The van der Waals surface area contributed by atoms with E-state index in [1.54, 1.807) is 13.8 Å². The van der Waals surface area contributed by atoms with Crippen LogP contribution in [0.1, 0.15) is 107 Å². The van der Waals surface area contributed by atoms with E-state index in [0.717, 1.165) is 25.7 Å². The van der Waals surface area contributed by atoms with Gasteiger partial charge in [-0.1, -0.05) is 34.6 Å². The van der Waals surface area contributed by atoms with Crippen molar-refractivity contribution < 1.29 is 74.7 Å². The molecule has 0 aromatic rings. The molecular formula is C42H72O15. The lowest BCUT2D eigenvalue weighted by Crippen LogP contribution is -2.71. The zero-order valence-corrected chi connectivity index (χ0v) is 35.0. The number of aliphatic hydroxyl groups excluding tert-OH is 9. The van der Waals surface area contributed by atoms with Gasteiger partial charge in [0.15, 0.2) is 12.6 Å². The molecule has 0 radical (unpaired) electrons.